The van der Waals surface area contributed by atoms with Gasteiger partial charge >= 0.3 is 118 Å². The van der Waals surface area contributed by atoms with Gasteiger partial charge in [-0.25, -0.2) is 16.8 Å². The van der Waals surface area contributed by atoms with Gasteiger partial charge < -0.3 is 49.8 Å². The van der Waals surface area contributed by atoms with E-state index in [-0.39, 0.29) is 163 Å². The van der Waals surface area contributed by atoms with E-state index < -0.39 is 77.9 Å². The molecule has 0 bridgehead atoms. The van der Waals surface area contributed by atoms with Crippen LogP contribution in [0.15, 0.2) is 127 Å². The molecule has 4 N–H and O–H groups in total. The van der Waals surface area contributed by atoms with Crippen LogP contribution in [0.2, 0.25) is 0 Å². The van der Waals surface area contributed by atoms with Crippen LogP contribution >= 0.6 is 0 Å². The number of rotatable bonds is 13. The van der Waals surface area contributed by atoms with Crippen LogP contribution in [0.25, 0.3) is 32.7 Å². The molecule has 0 unspecified atom stereocenters. The summed E-state index contributed by atoms with van der Waals surface area (Å²) < 4.78 is 72.7. The van der Waals surface area contributed by atoms with Gasteiger partial charge in [-0.1, -0.05) is 24.3 Å². The number of benzene rings is 6. The molecule has 60 heavy (non-hydrogen) atoms. The van der Waals surface area contributed by atoms with Gasteiger partial charge in [-0.3, -0.25) is 0 Å². The molecule has 6 aromatic rings. The Labute approximate surface area is 430 Å². The fraction of sp³-hybridized carbons (Fsp3) is 0.0556. The fourth-order valence-corrected chi connectivity index (χ4v) is 6.79. The van der Waals surface area contributed by atoms with E-state index in [9.17, 15) is 56.0 Å². The van der Waals surface area contributed by atoms with E-state index in [1.54, 1.807) is 24.3 Å². The SMILES string of the molecule is O=C([O-])CNc1ccc2c(O)c(N=Nc3ccc(-c4ccc(N=Nc5c(S(=O)(=O)[O-])cc6cc(NCC(=O)[O-])ccc6c5O)cc4)cc3)c(S(=O)(=O)[O-])cc2c1.[Na+].[Na+].[Na+].[Na+]. The maximum absolute atomic E-state index is 12.1. The van der Waals surface area contributed by atoms with Crippen LogP contribution < -0.4 is 139 Å². The van der Waals surface area contributed by atoms with Gasteiger partial charge in [0.25, 0.3) is 0 Å². The predicted molar refractivity (Wildman–Crippen MR) is 194 cm³/mol. The van der Waals surface area contributed by atoms with Crippen molar-refractivity contribution < 1.29 is 174 Å². The molecule has 0 aliphatic carbocycles. The number of fused-ring (bicyclic) bond motifs is 2. The summed E-state index contributed by atoms with van der Waals surface area (Å²) in [6.07, 6.45) is 0. The van der Waals surface area contributed by atoms with Crippen LogP contribution in [0.4, 0.5) is 34.1 Å². The molecule has 0 spiro atoms. The van der Waals surface area contributed by atoms with E-state index in [0.29, 0.717) is 11.1 Å². The molecule has 0 fully saturated rings. The Hall–Kier alpha value is -3.00. The molecular weight excluding hydrogens is 865 g/mol. The number of nitrogens with zero attached hydrogens (tertiary/aromatic N) is 4. The Morgan fingerprint density at radius 2 is 0.850 bits per heavy atom. The summed E-state index contributed by atoms with van der Waals surface area (Å²) in [6, 6.07) is 23.0. The Bertz CT molecular complexity index is 2660. The first kappa shape index (κ1) is 53.1. The Kier molecular flexibility index (Phi) is 19.8. The van der Waals surface area contributed by atoms with Gasteiger partial charge in [0.05, 0.1) is 46.2 Å². The first-order chi connectivity index (χ1) is 26.5. The van der Waals surface area contributed by atoms with Gasteiger partial charge in [-0.05, 0) is 94.7 Å². The third-order valence-electron chi connectivity index (χ3n) is 8.11. The van der Waals surface area contributed by atoms with E-state index in [4.69, 9.17) is 0 Å². The number of azo groups is 2. The zero-order valence-electron chi connectivity index (χ0n) is 32.2. The zero-order valence-corrected chi connectivity index (χ0v) is 41.9. The third-order valence-corrected chi connectivity index (χ3v) is 9.81. The second kappa shape index (κ2) is 22.4. The van der Waals surface area contributed by atoms with Crippen molar-refractivity contribution in [3.63, 3.8) is 0 Å². The van der Waals surface area contributed by atoms with Crippen molar-refractivity contribution >= 4 is 87.8 Å². The van der Waals surface area contributed by atoms with Crippen LogP contribution in [-0.2, 0) is 29.8 Å². The Balaban J connectivity index is 0.00000310. The minimum absolute atomic E-state index is 0. The summed E-state index contributed by atoms with van der Waals surface area (Å²) >= 11 is 0. The van der Waals surface area contributed by atoms with Gasteiger partial charge in [-0.15, -0.1) is 10.2 Å². The molecular formula is C36H24N6Na4O12S2. The van der Waals surface area contributed by atoms with Crippen LogP contribution in [-0.4, -0.2) is 61.2 Å². The molecule has 0 aliphatic heterocycles. The van der Waals surface area contributed by atoms with Crippen molar-refractivity contribution in [3.05, 3.63) is 97.1 Å². The summed E-state index contributed by atoms with van der Waals surface area (Å²) in [5.41, 5.74) is 1.14. The van der Waals surface area contributed by atoms with Crippen LogP contribution in [0.5, 0.6) is 11.5 Å². The number of phenols is 2. The summed E-state index contributed by atoms with van der Waals surface area (Å²) in [5.74, 6) is -4.05. The number of phenolic OH excluding ortho intramolecular Hbond substituents is 2. The molecule has 24 heteroatoms. The summed E-state index contributed by atoms with van der Waals surface area (Å²) in [4.78, 5) is 19.8. The van der Waals surface area contributed by atoms with Crippen LogP contribution in [0.3, 0.4) is 0 Å². The maximum atomic E-state index is 12.1. The van der Waals surface area contributed by atoms with Gasteiger partial charge in [0.1, 0.15) is 31.6 Å². The average molecular weight is 889 g/mol. The molecule has 0 aromatic heterocycles. The topological polar surface area (TPSA) is 309 Å². The number of aliphatic carboxylic acids is 2. The number of anilines is 2. The molecule has 6 aromatic carbocycles. The first-order valence-corrected chi connectivity index (χ1v) is 18.7. The summed E-state index contributed by atoms with van der Waals surface area (Å²) in [5, 5.41) is 64.6. The third kappa shape index (κ3) is 13.0. The molecule has 0 atom stereocenters. The summed E-state index contributed by atoms with van der Waals surface area (Å²) in [7, 11) is -10.3. The molecule has 6 rings (SSSR count). The average Bonchev–Trinajstić information content (AvgIpc) is 3.15. The number of aromatic hydroxyl groups is 2. The Morgan fingerprint density at radius 1 is 0.517 bits per heavy atom. The monoisotopic (exact) mass is 888 g/mol. The molecule has 0 radical (unpaired) electrons. The van der Waals surface area contributed by atoms with Crippen molar-refractivity contribution in [2.45, 2.75) is 9.79 Å². The smallest absolute Gasteiger partial charge is 0.744 e. The number of hydrogen-bond acceptors (Lipinski definition) is 18. The number of carbonyl (C=O) groups excluding carboxylic acids is 2. The number of carbonyl (C=O) groups is 2. The van der Waals surface area contributed by atoms with Gasteiger partial charge in [0, 0.05) is 22.1 Å². The molecule has 0 saturated carbocycles. The zero-order chi connectivity index (χ0) is 40.4. The molecule has 0 saturated heterocycles. The van der Waals surface area contributed by atoms with Crippen molar-refractivity contribution in [2.75, 3.05) is 23.7 Å². The van der Waals surface area contributed by atoms with E-state index in [0.717, 1.165) is 12.1 Å². The minimum Gasteiger partial charge on any atom is -0.744 e. The van der Waals surface area contributed by atoms with Crippen LogP contribution in [0, 0.1) is 0 Å². The largest absolute Gasteiger partial charge is 1.00 e. The van der Waals surface area contributed by atoms with Crippen molar-refractivity contribution in [1.82, 2.24) is 0 Å². The van der Waals surface area contributed by atoms with Gasteiger partial charge in [0.15, 0.2) is 11.5 Å². The number of carboxylic acid groups (broad SMARTS) is 2. The van der Waals surface area contributed by atoms with E-state index in [1.807, 2.05) is 0 Å². The fourth-order valence-electron chi connectivity index (χ4n) is 5.50. The molecule has 0 aliphatic rings. The predicted octanol–water partition coefficient (Wildman–Crippen LogP) is -7.95. The summed E-state index contributed by atoms with van der Waals surface area (Å²) in [6.45, 7) is -1.07. The van der Waals surface area contributed by atoms with Gasteiger partial charge in [-0.2, -0.15) is 10.2 Å². The molecule has 286 valence electrons. The van der Waals surface area contributed by atoms with Crippen molar-refractivity contribution in [1.29, 1.82) is 0 Å². The molecule has 0 heterocycles. The maximum Gasteiger partial charge on any atom is 1.00 e. The minimum atomic E-state index is -5.16. The Morgan fingerprint density at radius 3 is 1.15 bits per heavy atom. The number of nitrogens with one attached hydrogen (secondary N) is 2. The van der Waals surface area contributed by atoms with Crippen molar-refractivity contribution in [2.24, 2.45) is 20.5 Å². The molecule has 18 nitrogen and oxygen atoms in total. The standard InChI is InChI=1S/C36H28N6O12S2.4Na/c43-31(44)17-37-25-9-11-27-21(13-25)15-29(55(49,50)51)33(35(27)47)41-39-23-5-1-19(2-6-23)20-3-7-24(8-4-20)40-42-34-30(56(52,53)54)16-22-14-26(38-18-32(45)46)10-12-28(22)36(34)48;;;;/h1-16,37-38,47-48H,17-18H2,(H,43,44)(H,45,46)(H,49,50,51)(H,52,53,54);;;;/q;4*+1/p-4. The molecule has 0 amide bonds. The van der Waals surface area contributed by atoms with Gasteiger partial charge in [0.2, 0.25) is 0 Å². The van der Waals surface area contributed by atoms with E-state index >= 15 is 0 Å². The quantitative estimate of drug-likeness (QED) is 0.0476. The van der Waals surface area contributed by atoms with Crippen LogP contribution in [0.1, 0.15) is 0 Å². The van der Waals surface area contributed by atoms with E-state index in [2.05, 4.69) is 31.1 Å². The normalized spacial score (nSPS) is 11.3. The number of hydrogen-bond donors (Lipinski definition) is 4. The second-order valence-corrected chi connectivity index (χ2v) is 14.6. The van der Waals surface area contributed by atoms with E-state index in [1.165, 1.54) is 60.7 Å². The first-order valence-electron chi connectivity index (χ1n) is 15.9. The number of carboxylic acids is 2. The second-order valence-electron chi connectivity index (χ2n) is 11.9. The van der Waals surface area contributed by atoms with Crippen molar-refractivity contribution in [3.8, 4) is 22.6 Å².